The number of benzene rings is 1. The van der Waals surface area contributed by atoms with Crippen molar-refractivity contribution in [2.24, 2.45) is 7.05 Å². The lowest BCUT2D eigenvalue weighted by atomic mass is 10.1. The Hall–Kier alpha value is -3.81. The molecule has 2 fully saturated rings. The average Bonchev–Trinajstić information content (AvgIpc) is 3.13. The normalized spacial score (nSPS) is 19.2. The summed E-state index contributed by atoms with van der Waals surface area (Å²) >= 11 is 0. The van der Waals surface area contributed by atoms with Crippen molar-refractivity contribution < 1.29 is 22.7 Å². The number of hydrogen-bond acceptors (Lipinski definition) is 8. The van der Waals surface area contributed by atoms with Gasteiger partial charge in [0.2, 0.25) is 5.95 Å². The number of amides is 2. The molecule has 0 saturated carbocycles. The molecule has 1 atom stereocenters. The Kier molecular flexibility index (Phi) is 4.88. The Balaban J connectivity index is 1.31. The van der Waals surface area contributed by atoms with Gasteiger partial charge in [0.15, 0.2) is 5.65 Å². The molecule has 3 N–H and O–H groups in total. The van der Waals surface area contributed by atoms with Crippen LogP contribution in [-0.2, 0) is 7.05 Å². The standard InChI is InChI=1S/C19H20F3N9O2/c1-28-15-14(9-24-28)16(27-17(23)26-15)29-6-7-30-12(10-29)8-25-31(18(30)32)11-2-4-13(5-3-11)33-19(20,21)22/h2-5,9,12,25H,6-8,10H2,1H3,(H2,23,26,27)/t12-/m1/s1. The highest BCUT2D eigenvalue weighted by atomic mass is 19.4. The number of halogens is 3. The molecule has 174 valence electrons. The van der Waals surface area contributed by atoms with Crippen LogP contribution < -0.4 is 25.8 Å². The van der Waals surface area contributed by atoms with Crippen LogP contribution in [0, 0.1) is 0 Å². The molecule has 2 aromatic heterocycles. The summed E-state index contributed by atoms with van der Waals surface area (Å²) in [5, 5.41) is 6.33. The lowest BCUT2D eigenvalue weighted by molar-refractivity contribution is -0.274. The van der Waals surface area contributed by atoms with E-state index in [1.165, 1.54) is 29.3 Å². The van der Waals surface area contributed by atoms with E-state index in [1.807, 2.05) is 0 Å². The Morgan fingerprint density at radius 1 is 1.18 bits per heavy atom. The van der Waals surface area contributed by atoms with Gasteiger partial charge in [0.1, 0.15) is 11.6 Å². The van der Waals surface area contributed by atoms with Crippen LogP contribution in [0.5, 0.6) is 5.75 Å². The summed E-state index contributed by atoms with van der Waals surface area (Å²) in [6.07, 6.45) is -3.09. The fraction of sp³-hybridized carbons (Fsp3) is 0.368. The van der Waals surface area contributed by atoms with Crippen molar-refractivity contribution in [1.29, 1.82) is 0 Å². The summed E-state index contributed by atoms with van der Waals surface area (Å²) in [5.41, 5.74) is 9.99. The summed E-state index contributed by atoms with van der Waals surface area (Å²) in [6, 6.07) is 4.69. The van der Waals surface area contributed by atoms with E-state index >= 15 is 0 Å². The van der Waals surface area contributed by atoms with Crippen molar-refractivity contribution in [3.63, 3.8) is 0 Å². The molecule has 2 amide bonds. The van der Waals surface area contributed by atoms with Gasteiger partial charge < -0.3 is 20.3 Å². The maximum absolute atomic E-state index is 13.1. The van der Waals surface area contributed by atoms with E-state index in [0.717, 1.165) is 5.39 Å². The van der Waals surface area contributed by atoms with Crippen LogP contribution in [0.3, 0.4) is 0 Å². The van der Waals surface area contributed by atoms with Crippen molar-refractivity contribution in [1.82, 2.24) is 30.1 Å². The minimum absolute atomic E-state index is 0.141. The number of nitrogens with one attached hydrogen (secondary N) is 1. The quantitative estimate of drug-likeness (QED) is 0.600. The Morgan fingerprint density at radius 3 is 2.67 bits per heavy atom. The van der Waals surface area contributed by atoms with Crippen molar-refractivity contribution in [2.75, 3.05) is 41.8 Å². The Bertz CT molecular complexity index is 1200. The zero-order valence-corrected chi connectivity index (χ0v) is 17.5. The van der Waals surface area contributed by atoms with Crippen LogP contribution >= 0.6 is 0 Å². The first-order chi connectivity index (χ1) is 15.7. The number of carbonyl (C=O) groups excluding carboxylic acids is 1. The molecule has 2 aliphatic rings. The van der Waals surface area contributed by atoms with E-state index in [1.54, 1.807) is 22.8 Å². The van der Waals surface area contributed by atoms with Gasteiger partial charge in [-0.1, -0.05) is 0 Å². The molecule has 2 aliphatic heterocycles. The number of ether oxygens (including phenoxy) is 1. The molecule has 3 aromatic rings. The smallest absolute Gasteiger partial charge is 0.406 e. The summed E-state index contributed by atoms with van der Waals surface area (Å²) in [7, 11) is 1.77. The number of fused-ring (bicyclic) bond motifs is 2. The van der Waals surface area contributed by atoms with Gasteiger partial charge >= 0.3 is 12.4 Å². The summed E-state index contributed by atoms with van der Waals surface area (Å²) in [4.78, 5) is 25.5. The zero-order chi connectivity index (χ0) is 23.3. The molecule has 33 heavy (non-hydrogen) atoms. The molecule has 2 saturated heterocycles. The maximum atomic E-state index is 13.1. The lowest BCUT2D eigenvalue weighted by Crippen LogP contribution is -2.68. The third kappa shape index (κ3) is 3.92. The third-order valence-corrected chi connectivity index (χ3v) is 5.62. The number of rotatable bonds is 3. The Labute approximate surface area is 185 Å². The van der Waals surface area contributed by atoms with Crippen molar-refractivity contribution in [2.45, 2.75) is 12.4 Å². The van der Waals surface area contributed by atoms with Gasteiger partial charge in [-0.25, -0.2) is 15.2 Å². The van der Waals surface area contributed by atoms with E-state index < -0.39 is 6.36 Å². The van der Waals surface area contributed by atoms with Gasteiger partial charge in [0, 0.05) is 33.2 Å². The molecule has 5 rings (SSSR count). The number of aryl methyl sites for hydroxylation is 1. The van der Waals surface area contributed by atoms with Crippen molar-refractivity contribution >= 4 is 34.5 Å². The highest BCUT2D eigenvalue weighted by Gasteiger charge is 2.39. The second-order valence-corrected chi connectivity index (χ2v) is 7.73. The fourth-order valence-electron chi connectivity index (χ4n) is 4.13. The third-order valence-electron chi connectivity index (χ3n) is 5.62. The van der Waals surface area contributed by atoms with Crippen LogP contribution in [0.1, 0.15) is 0 Å². The molecular formula is C19H20F3N9O2. The van der Waals surface area contributed by atoms with Crippen LogP contribution in [0.25, 0.3) is 11.0 Å². The van der Waals surface area contributed by atoms with Gasteiger partial charge in [-0.2, -0.15) is 15.1 Å². The maximum Gasteiger partial charge on any atom is 0.573 e. The lowest BCUT2D eigenvalue weighted by Gasteiger charge is -2.47. The molecular weight excluding hydrogens is 443 g/mol. The number of aromatic nitrogens is 4. The highest BCUT2D eigenvalue weighted by molar-refractivity contribution is 5.93. The van der Waals surface area contributed by atoms with Gasteiger partial charge in [-0.3, -0.25) is 4.68 Å². The molecule has 0 spiro atoms. The first-order valence-corrected chi connectivity index (χ1v) is 10.1. The highest BCUT2D eigenvalue weighted by Crippen LogP contribution is 2.29. The van der Waals surface area contributed by atoms with Crippen molar-refractivity contribution in [3.05, 3.63) is 30.5 Å². The first kappa shape index (κ1) is 21.1. The second-order valence-electron chi connectivity index (χ2n) is 7.73. The number of urea groups is 1. The number of nitrogens with two attached hydrogens (primary N) is 1. The number of alkyl halides is 3. The number of anilines is 3. The topological polar surface area (TPSA) is 118 Å². The number of carbonyl (C=O) groups is 1. The summed E-state index contributed by atoms with van der Waals surface area (Å²) in [6.45, 7) is 1.92. The van der Waals surface area contributed by atoms with Crippen LogP contribution in [-0.4, -0.2) is 69.3 Å². The van der Waals surface area contributed by atoms with Gasteiger partial charge in [0.05, 0.1) is 23.3 Å². The van der Waals surface area contributed by atoms with Gasteiger partial charge in [0.25, 0.3) is 0 Å². The van der Waals surface area contributed by atoms with Gasteiger partial charge in [-0.15, -0.1) is 13.2 Å². The van der Waals surface area contributed by atoms with Crippen molar-refractivity contribution in [3.8, 4) is 5.75 Å². The first-order valence-electron chi connectivity index (χ1n) is 10.1. The van der Waals surface area contributed by atoms with Gasteiger partial charge in [-0.05, 0) is 24.3 Å². The predicted octanol–water partition coefficient (Wildman–Crippen LogP) is 1.48. The number of hydrogen-bond donors (Lipinski definition) is 2. The molecule has 14 heteroatoms. The molecule has 1 aromatic carbocycles. The van der Waals surface area contributed by atoms with E-state index in [0.29, 0.717) is 43.3 Å². The van der Waals surface area contributed by atoms with E-state index in [4.69, 9.17) is 5.73 Å². The predicted molar refractivity (Wildman–Crippen MR) is 112 cm³/mol. The Morgan fingerprint density at radius 2 is 1.94 bits per heavy atom. The molecule has 11 nitrogen and oxygen atoms in total. The zero-order valence-electron chi connectivity index (χ0n) is 17.5. The largest absolute Gasteiger partial charge is 0.573 e. The number of nitrogens with zero attached hydrogens (tertiary/aromatic N) is 7. The SMILES string of the molecule is Cn1ncc2c(N3CCN4C(=O)N(c5ccc(OC(F)(F)F)cc5)NC[C@@H]4C3)nc(N)nc21. The van der Waals surface area contributed by atoms with Crippen LogP contribution in [0.4, 0.5) is 35.4 Å². The van der Waals surface area contributed by atoms with E-state index in [-0.39, 0.29) is 23.8 Å². The number of nitrogen functional groups attached to an aromatic ring is 1. The van der Waals surface area contributed by atoms with E-state index in [2.05, 4.69) is 30.1 Å². The van der Waals surface area contributed by atoms with Crippen LogP contribution in [0.2, 0.25) is 0 Å². The number of hydrazine groups is 1. The monoisotopic (exact) mass is 463 g/mol. The molecule has 0 bridgehead atoms. The minimum Gasteiger partial charge on any atom is -0.406 e. The molecule has 0 unspecified atom stereocenters. The average molecular weight is 463 g/mol. The molecule has 0 aliphatic carbocycles. The second kappa shape index (κ2) is 7.65. The molecule has 4 heterocycles. The fourth-order valence-corrected chi connectivity index (χ4v) is 4.13. The minimum atomic E-state index is -4.77. The summed E-state index contributed by atoms with van der Waals surface area (Å²) < 4.78 is 42.6. The molecule has 0 radical (unpaired) electrons. The summed E-state index contributed by atoms with van der Waals surface area (Å²) in [5.74, 6) is 0.457. The number of piperazine rings is 1. The van der Waals surface area contributed by atoms with E-state index in [9.17, 15) is 18.0 Å². The van der Waals surface area contributed by atoms with Crippen LogP contribution in [0.15, 0.2) is 30.5 Å².